The summed E-state index contributed by atoms with van der Waals surface area (Å²) in [6, 6.07) is 0. The predicted molar refractivity (Wildman–Crippen MR) is 41.4 cm³/mol. The van der Waals surface area contributed by atoms with Gasteiger partial charge in [0.25, 0.3) is 0 Å². The van der Waals surface area contributed by atoms with Crippen LogP contribution in [0.15, 0.2) is 0 Å². The van der Waals surface area contributed by atoms with Crippen LogP contribution in [0, 0.1) is 0 Å². The van der Waals surface area contributed by atoms with Gasteiger partial charge in [-0.3, -0.25) is 0 Å². The third-order valence-electron chi connectivity index (χ3n) is 1.59. The molecule has 61 valence electrons. The molecule has 0 aromatic rings. The molecule has 0 saturated heterocycles. The SMILES string of the molecule is CCCCCCC[CH](N)[Mo]. The maximum absolute atomic E-state index is 5.61. The fourth-order valence-corrected chi connectivity index (χ4v) is 1.36. The molecule has 0 fully saturated rings. The van der Waals surface area contributed by atoms with Gasteiger partial charge in [-0.2, -0.15) is 0 Å². The summed E-state index contributed by atoms with van der Waals surface area (Å²) >= 11 is 2.02. The second-order valence-electron chi connectivity index (χ2n) is 2.74. The summed E-state index contributed by atoms with van der Waals surface area (Å²) < 4.78 is 0.414. The van der Waals surface area contributed by atoms with Gasteiger partial charge in [0.1, 0.15) is 0 Å². The molecule has 0 aliphatic heterocycles. The maximum atomic E-state index is 5.61. The molecule has 0 spiro atoms. The topological polar surface area (TPSA) is 26.0 Å². The van der Waals surface area contributed by atoms with Crippen molar-refractivity contribution in [3.63, 3.8) is 0 Å². The summed E-state index contributed by atoms with van der Waals surface area (Å²) in [4.78, 5) is 0. The summed E-state index contributed by atoms with van der Waals surface area (Å²) in [5.74, 6) is 0. The van der Waals surface area contributed by atoms with Gasteiger partial charge in [0.2, 0.25) is 0 Å². The Kier molecular flexibility index (Phi) is 8.25. The van der Waals surface area contributed by atoms with Gasteiger partial charge < -0.3 is 0 Å². The second-order valence-corrected chi connectivity index (χ2v) is 4.23. The molecule has 0 heterocycles. The molecule has 0 bridgehead atoms. The number of rotatable bonds is 6. The Morgan fingerprint density at radius 1 is 1.20 bits per heavy atom. The summed E-state index contributed by atoms with van der Waals surface area (Å²) in [5.41, 5.74) is 5.61. The van der Waals surface area contributed by atoms with E-state index in [4.69, 9.17) is 5.73 Å². The Hall–Kier alpha value is 0.648. The van der Waals surface area contributed by atoms with Gasteiger partial charge in [-0.15, -0.1) is 0 Å². The predicted octanol–water partition coefficient (Wildman–Crippen LogP) is 2.18. The summed E-state index contributed by atoms with van der Waals surface area (Å²) in [6.07, 6.45) is 8.01. The molecule has 0 amide bonds. The van der Waals surface area contributed by atoms with E-state index in [0.717, 1.165) is 0 Å². The molecule has 0 radical (unpaired) electrons. The van der Waals surface area contributed by atoms with Crippen molar-refractivity contribution in [3.8, 4) is 0 Å². The van der Waals surface area contributed by atoms with Crippen molar-refractivity contribution < 1.29 is 19.8 Å². The second kappa shape index (κ2) is 7.75. The van der Waals surface area contributed by atoms with Crippen LogP contribution in [0.3, 0.4) is 0 Å². The molecule has 1 nitrogen and oxygen atoms in total. The van der Waals surface area contributed by atoms with E-state index in [-0.39, 0.29) is 0 Å². The Bertz CT molecular complexity index is 64.3. The minimum absolute atomic E-state index is 0.414. The van der Waals surface area contributed by atoms with Gasteiger partial charge >= 0.3 is 75.4 Å². The zero-order chi connectivity index (χ0) is 7.82. The summed E-state index contributed by atoms with van der Waals surface area (Å²) in [6.45, 7) is 2.24. The quantitative estimate of drug-likeness (QED) is 0.543. The van der Waals surface area contributed by atoms with Gasteiger partial charge in [0.05, 0.1) is 0 Å². The van der Waals surface area contributed by atoms with Crippen LogP contribution in [0.25, 0.3) is 0 Å². The zero-order valence-electron chi connectivity index (χ0n) is 6.81. The Morgan fingerprint density at radius 3 is 2.30 bits per heavy atom. The number of nitrogens with two attached hydrogens (primary N) is 1. The van der Waals surface area contributed by atoms with Crippen molar-refractivity contribution in [3.05, 3.63) is 0 Å². The van der Waals surface area contributed by atoms with Crippen LogP contribution in [0.1, 0.15) is 45.4 Å². The first-order chi connectivity index (χ1) is 4.77. The first kappa shape index (κ1) is 10.6. The van der Waals surface area contributed by atoms with E-state index in [0.29, 0.717) is 4.43 Å². The fourth-order valence-electron chi connectivity index (χ4n) is 0.949. The molecule has 2 N–H and O–H groups in total. The average Bonchev–Trinajstić information content (AvgIpc) is 1.87. The minimum atomic E-state index is 0.414. The third kappa shape index (κ3) is 8.65. The Balaban J connectivity index is 2.77. The van der Waals surface area contributed by atoms with E-state index >= 15 is 0 Å². The molecule has 0 aromatic heterocycles. The van der Waals surface area contributed by atoms with E-state index < -0.39 is 0 Å². The van der Waals surface area contributed by atoms with Crippen LogP contribution in [0.5, 0.6) is 0 Å². The molecule has 0 saturated carbocycles. The van der Waals surface area contributed by atoms with Crippen LogP contribution in [-0.4, -0.2) is 4.43 Å². The molecule has 0 aromatic carbocycles. The van der Waals surface area contributed by atoms with Crippen LogP contribution < -0.4 is 5.73 Å². The van der Waals surface area contributed by atoms with Crippen molar-refractivity contribution in [1.29, 1.82) is 0 Å². The van der Waals surface area contributed by atoms with Crippen LogP contribution in [0.2, 0.25) is 0 Å². The van der Waals surface area contributed by atoms with E-state index in [9.17, 15) is 0 Å². The third-order valence-corrected chi connectivity index (χ3v) is 2.17. The number of hydrogen-bond donors (Lipinski definition) is 1. The molecular weight excluding hydrogens is 206 g/mol. The average molecular weight is 224 g/mol. The standard InChI is InChI=1S/C8H18N.Mo/c1-2-3-4-5-6-7-8-9;/h8H,2-7,9H2,1H3;. The van der Waals surface area contributed by atoms with Gasteiger partial charge in [-0.1, -0.05) is 0 Å². The summed E-state index contributed by atoms with van der Waals surface area (Å²) in [7, 11) is 0. The fraction of sp³-hybridized carbons (Fsp3) is 1.00. The van der Waals surface area contributed by atoms with Crippen molar-refractivity contribution in [1.82, 2.24) is 0 Å². The van der Waals surface area contributed by atoms with Crippen molar-refractivity contribution in [2.24, 2.45) is 5.73 Å². The number of unbranched alkanes of at least 4 members (excludes halogenated alkanes) is 4. The molecule has 1 atom stereocenters. The first-order valence-electron chi connectivity index (χ1n) is 4.18. The Morgan fingerprint density at radius 2 is 1.80 bits per heavy atom. The van der Waals surface area contributed by atoms with Crippen molar-refractivity contribution in [2.45, 2.75) is 49.9 Å². The van der Waals surface area contributed by atoms with Crippen molar-refractivity contribution >= 4 is 0 Å². The molecule has 2 heteroatoms. The van der Waals surface area contributed by atoms with Crippen LogP contribution in [0.4, 0.5) is 0 Å². The van der Waals surface area contributed by atoms with E-state index in [1.54, 1.807) is 0 Å². The summed E-state index contributed by atoms with van der Waals surface area (Å²) in [5, 5.41) is 0. The van der Waals surface area contributed by atoms with Gasteiger partial charge in [0.15, 0.2) is 0 Å². The molecule has 10 heavy (non-hydrogen) atoms. The first-order valence-corrected chi connectivity index (χ1v) is 5.34. The van der Waals surface area contributed by atoms with E-state index in [1.807, 2.05) is 19.8 Å². The van der Waals surface area contributed by atoms with Crippen LogP contribution in [-0.2, 0) is 19.8 Å². The monoisotopic (exact) mass is 226 g/mol. The number of hydrogen-bond acceptors (Lipinski definition) is 1. The molecule has 0 aliphatic carbocycles. The molecular formula is C8H18MoN. The molecule has 0 aliphatic rings. The zero-order valence-corrected chi connectivity index (χ0v) is 8.81. The van der Waals surface area contributed by atoms with Crippen LogP contribution >= 0.6 is 0 Å². The Labute approximate surface area is 75.7 Å². The van der Waals surface area contributed by atoms with E-state index in [2.05, 4.69) is 6.92 Å². The van der Waals surface area contributed by atoms with Crippen molar-refractivity contribution in [2.75, 3.05) is 0 Å². The molecule has 1 unspecified atom stereocenters. The molecule has 0 rings (SSSR count). The van der Waals surface area contributed by atoms with E-state index in [1.165, 1.54) is 38.5 Å². The van der Waals surface area contributed by atoms with Gasteiger partial charge in [-0.25, -0.2) is 0 Å². The normalized spacial score (nSPS) is 13.4. The van der Waals surface area contributed by atoms with Gasteiger partial charge in [0, 0.05) is 0 Å². The van der Waals surface area contributed by atoms with Gasteiger partial charge in [-0.05, 0) is 0 Å².